The van der Waals surface area contributed by atoms with Crippen molar-refractivity contribution < 1.29 is 19.1 Å². The van der Waals surface area contributed by atoms with Gasteiger partial charge in [0.15, 0.2) is 0 Å². The number of hydrogen-bond acceptors (Lipinski definition) is 4. The molecule has 0 bridgehead atoms. The number of hydrogen-bond donors (Lipinski definition) is 2. The Hall–Kier alpha value is -2.08. The van der Waals surface area contributed by atoms with Crippen LogP contribution in [0.3, 0.4) is 0 Å². The van der Waals surface area contributed by atoms with Crippen molar-refractivity contribution in [2.24, 2.45) is 0 Å². The van der Waals surface area contributed by atoms with E-state index in [0.717, 1.165) is 31.2 Å². The first-order valence-corrected chi connectivity index (χ1v) is 10.2. The molecule has 1 aliphatic rings. The first kappa shape index (κ1) is 22.2. The maximum atomic E-state index is 12.8. The summed E-state index contributed by atoms with van der Waals surface area (Å²) in [6.07, 6.45) is 6.03. The van der Waals surface area contributed by atoms with E-state index < -0.39 is 17.7 Å². The molecule has 2 N–H and O–H groups in total. The molecule has 1 aromatic rings. The summed E-state index contributed by atoms with van der Waals surface area (Å²) in [5.41, 5.74) is 0.389. The monoisotopic (exact) mass is 390 g/mol. The van der Waals surface area contributed by atoms with E-state index in [-0.39, 0.29) is 18.6 Å². The van der Waals surface area contributed by atoms with Crippen LogP contribution < -0.4 is 10.6 Å². The molecule has 1 fully saturated rings. The van der Waals surface area contributed by atoms with Crippen LogP contribution in [0.5, 0.6) is 0 Å². The fraction of sp³-hybridized carbons (Fsp3) is 0.636. The molecular weight excluding hydrogens is 356 g/mol. The summed E-state index contributed by atoms with van der Waals surface area (Å²) in [5, 5.41) is 5.75. The molecule has 0 saturated heterocycles. The molecular formula is C22H34N2O4. The largest absolute Gasteiger partial charge is 0.444 e. The van der Waals surface area contributed by atoms with Gasteiger partial charge in [-0.2, -0.15) is 0 Å². The van der Waals surface area contributed by atoms with E-state index in [2.05, 4.69) is 10.6 Å². The van der Waals surface area contributed by atoms with Crippen LogP contribution in [0.15, 0.2) is 30.3 Å². The van der Waals surface area contributed by atoms with Gasteiger partial charge >= 0.3 is 6.09 Å². The van der Waals surface area contributed by atoms with Crippen molar-refractivity contribution in [3.05, 3.63) is 35.9 Å². The predicted octanol–water partition coefficient (Wildman–Crippen LogP) is 3.94. The molecule has 6 nitrogen and oxygen atoms in total. The Kier molecular flexibility index (Phi) is 8.77. The molecule has 0 aromatic heterocycles. The third kappa shape index (κ3) is 8.74. The second-order valence-corrected chi connectivity index (χ2v) is 8.40. The Bertz CT molecular complexity index is 605. The minimum Gasteiger partial charge on any atom is -0.444 e. The fourth-order valence-corrected chi connectivity index (χ4v) is 3.23. The number of nitrogens with one attached hydrogen (secondary N) is 2. The van der Waals surface area contributed by atoms with Crippen LogP contribution in [-0.4, -0.2) is 36.3 Å². The van der Waals surface area contributed by atoms with Crippen molar-refractivity contribution >= 4 is 12.0 Å². The van der Waals surface area contributed by atoms with Gasteiger partial charge in [-0.05, 0) is 39.2 Å². The summed E-state index contributed by atoms with van der Waals surface area (Å²) in [4.78, 5) is 25.0. The molecule has 0 aliphatic heterocycles. The highest BCUT2D eigenvalue weighted by Gasteiger charge is 2.26. The zero-order valence-corrected chi connectivity index (χ0v) is 17.3. The molecule has 2 amide bonds. The number of benzene rings is 1. The van der Waals surface area contributed by atoms with Crippen LogP contribution in [0, 0.1) is 0 Å². The van der Waals surface area contributed by atoms with E-state index in [1.165, 1.54) is 12.8 Å². The van der Waals surface area contributed by atoms with E-state index in [1.807, 2.05) is 30.3 Å². The Labute approximate surface area is 168 Å². The van der Waals surface area contributed by atoms with Crippen LogP contribution in [0.2, 0.25) is 0 Å². The van der Waals surface area contributed by atoms with Crippen LogP contribution >= 0.6 is 0 Å². The van der Waals surface area contributed by atoms with Crippen LogP contribution in [0.4, 0.5) is 4.79 Å². The van der Waals surface area contributed by atoms with Crippen molar-refractivity contribution in [2.75, 3.05) is 6.61 Å². The van der Waals surface area contributed by atoms with Crippen molar-refractivity contribution in [1.82, 2.24) is 10.6 Å². The minimum absolute atomic E-state index is 0.0900. The summed E-state index contributed by atoms with van der Waals surface area (Å²) in [6, 6.07) is 9.11. The number of carbonyl (C=O) groups excluding carboxylic acids is 2. The molecule has 2 rings (SSSR count). The van der Waals surface area contributed by atoms with Crippen LogP contribution in [-0.2, 0) is 20.9 Å². The predicted molar refractivity (Wildman–Crippen MR) is 109 cm³/mol. The summed E-state index contributed by atoms with van der Waals surface area (Å²) >= 11 is 0. The lowest BCUT2D eigenvalue weighted by Crippen LogP contribution is -2.52. The lowest BCUT2D eigenvalue weighted by Gasteiger charge is -2.25. The number of carbonyl (C=O) groups is 2. The highest BCUT2D eigenvalue weighted by atomic mass is 16.6. The van der Waals surface area contributed by atoms with Gasteiger partial charge in [-0.25, -0.2) is 4.79 Å². The number of rotatable bonds is 7. The molecule has 156 valence electrons. The topological polar surface area (TPSA) is 76.7 Å². The van der Waals surface area contributed by atoms with Crippen molar-refractivity contribution in [1.29, 1.82) is 0 Å². The van der Waals surface area contributed by atoms with Gasteiger partial charge in [0.25, 0.3) is 0 Å². The van der Waals surface area contributed by atoms with Gasteiger partial charge < -0.3 is 20.1 Å². The van der Waals surface area contributed by atoms with Crippen LogP contribution in [0.25, 0.3) is 0 Å². The van der Waals surface area contributed by atoms with Gasteiger partial charge in [-0.15, -0.1) is 0 Å². The van der Waals surface area contributed by atoms with Gasteiger partial charge in [0, 0.05) is 6.04 Å². The van der Waals surface area contributed by atoms with E-state index >= 15 is 0 Å². The number of ether oxygens (including phenoxy) is 2. The van der Waals surface area contributed by atoms with Crippen molar-refractivity contribution in [2.45, 2.75) is 83.6 Å². The average molecular weight is 391 g/mol. The Morgan fingerprint density at radius 2 is 1.71 bits per heavy atom. The smallest absolute Gasteiger partial charge is 0.408 e. The maximum Gasteiger partial charge on any atom is 0.408 e. The lowest BCUT2D eigenvalue weighted by molar-refractivity contribution is -0.125. The molecule has 0 radical (unpaired) electrons. The zero-order chi connectivity index (χ0) is 20.4. The molecule has 28 heavy (non-hydrogen) atoms. The number of alkyl carbamates (subject to hydrolysis) is 1. The summed E-state index contributed by atoms with van der Waals surface area (Å²) in [7, 11) is 0. The first-order chi connectivity index (χ1) is 13.3. The highest BCUT2D eigenvalue weighted by molar-refractivity contribution is 5.86. The molecule has 0 unspecified atom stereocenters. The molecule has 1 atom stereocenters. The molecule has 1 aliphatic carbocycles. The van der Waals surface area contributed by atoms with E-state index in [4.69, 9.17) is 9.47 Å². The van der Waals surface area contributed by atoms with E-state index in [1.54, 1.807) is 20.8 Å². The average Bonchev–Trinajstić information content (AvgIpc) is 2.89. The lowest BCUT2D eigenvalue weighted by atomic mass is 10.1. The minimum atomic E-state index is -0.790. The Morgan fingerprint density at radius 1 is 1.07 bits per heavy atom. The van der Waals surface area contributed by atoms with Gasteiger partial charge in [0.05, 0.1) is 13.2 Å². The molecule has 6 heteroatoms. The van der Waals surface area contributed by atoms with E-state index in [9.17, 15) is 9.59 Å². The van der Waals surface area contributed by atoms with Gasteiger partial charge in [-0.3, -0.25) is 4.79 Å². The third-order valence-corrected chi connectivity index (χ3v) is 4.61. The first-order valence-electron chi connectivity index (χ1n) is 10.2. The molecule has 0 spiro atoms. The number of amides is 2. The second-order valence-electron chi connectivity index (χ2n) is 8.40. The van der Waals surface area contributed by atoms with Crippen molar-refractivity contribution in [3.8, 4) is 0 Å². The molecule has 1 aromatic carbocycles. The maximum absolute atomic E-state index is 12.8. The fourth-order valence-electron chi connectivity index (χ4n) is 3.23. The summed E-state index contributed by atoms with van der Waals surface area (Å²) in [5.74, 6) is -0.217. The third-order valence-electron chi connectivity index (χ3n) is 4.61. The summed E-state index contributed by atoms with van der Waals surface area (Å²) in [6.45, 7) is 5.84. The normalized spacial score (nSPS) is 16.7. The second kappa shape index (κ2) is 11.1. The van der Waals surface area contributed by atoms with Gasteiger partial charge in [0.1, 0.15) is 11.6 Å². The summed E-state index contributed by atoms with van der Waals surface area (Å²) < 4.78 is 11.0. The molecule has 0 heterocycles. The zero-order valence-electron chi connectivity index (χ0n) is 17.3. The standard InChI is InChI=1S/C22H34N2O4/c1-22(2,3)28-21(26)24-19(16-27-15-17-11-7-6-8-12-17)20(25)23-18-13-9-4-5-10-14-18/h6-8,11-12,18-19H,4-5,9-10,13-16H2,1-3H3,(H,23,25)(H,24,26)/t19-/m0/s1. The van der Waals surface area contributed by atoms with Gasteiger partial charge in [0.2, 0.25) is 5.91 Å². The quantitative estimate of drug-likeness (QED) is 0.692. The van der Waals surface area contributed by atoms with Gasteiger partial charge in [-0.1, -0.05) is 56.0 Å². The van der Waals surface area contributed by atoms with E-state index in [0.29, 0.717) is 6.61 Å². The molecule has 1 saturated carbocycles. The Balaban J connectivity index is 1.93. The Morgan fingerprint density at radius 3 is 2.32 bits per heavy atom. The van der Waals surface area contributed by atoms with Crippen molar-refractivity contribution in [3.63, 3.8) is 0 Å². The SMILES string of the molecule is CC(C)(C)OC(=O)N[C@@H](COCc1ccccc1)C(=O)NC1CCCCCC1. The van der Waals surface area contributed by atoms with Crippen LogP contribution in [0.1, 0.15) is 64.9 Å². The highest BCUT2D eigenvalue weighted by Crippen LogP contribution is 2.17.